The fraction of sp³-hybridized carbons (Fsp3) is 0.500. The van der Waals surface area contributed by atoms with Crippen LogP contribution in [0.3, 0.4) is 0 Å². The van der Waals surface area contributed by atoms with Crippen LogP contribution < -0.4 is 15.8 Å². The molecule has 0 saturated carbocycles. The van der Waals surface area contributed by atoms with Gasteiger partial charge in [0.2, 0.25) is 15.9 Å². The molecule has 1 amide bonds. The van der Waals surface area contributed by atoms with Crippen LogP contribution in [-0.2, 0) is 14.8 Å². The smallest absolute Gasteiger partial charge is 0.243 e. The standard InChI is InChI=1S/C14H23N3O3S/c1-4-5-9-16-21(19,20)12-8-6-7-11(10-12)17-13(18)14(2,3)15/h6-8,10,16H,4-5,9,15H2,1-3H3,(H,17,18). The van der Waals surface area contributed by atoms with E-state index in [-0.39, 0.29) is 10.8 Å². The van der Waals surface area contributed by atoms with Crippen LogP contribution in [0.1, 0.15) is 33.6 Å². The number of carbonyl (C=O) groups is 1. The lowest BCUT2D eigenvalue weighted by Crippen LogP contribution is -2.45. The summed E-state index contributed by atoms with van der Waals surface area (Å²) in [5, 5.41) is 2.61. The molecule has 0 aromatic heterocycles. The molecule has 118 valence electrons. The summed E-state index contributed by atoms with van der Waals surface area (Å²) >= 11 is 0. The van der Waals surface area contributed by atoms with Gasteiger partial charge >= 0.3 is 0 Å². The molecule has 1 aromatic carbocycles. The average Bonchev–Trinajstić information content (AvgIpc) is 2.38. The fourth-order valence-electron chi connectivity index (χ4n) is 1.50. The monoisotopic (exact) mass is 313 g/mol. The van der Waals surface area contributed by atoms with Gasteiger partial charge in [-0.25, -0.2) is 13.1 Å². The predicted octanol–water partition coefficient (Wildman–Crippen LogP) is 1.44. The predicted molar refractivity (Wildman–Crippen MR) is 83.4 cm³/mol. The van der Waals surface area contributed by atoms with E-state index in [9.17, 15) is 13.2 Å². The van der Waals surface area contributed by atoms with Crippen LogP contribution in [0.15, 0.2) is 29.2 Å². The zero-order chi connectivity index (χ0) is 16.1. The second kappa shape index (κ2) is 7.02. The Morgan fingerprint density at radius 3 is 2.57 bits per heavy atom. The molecular formula is C14H23N3O3S. The van der Waals surface area contributed by atoms with Gasteiger partial charge in [-0.1, -0.05) is 19.4 Å². The number of anilines is 1. The Morgan fingerprint density at radius 1 is 1.33 bits per heavy atom. The van der Waals surface area contributed by atoms with Crippen molar-refractivity contribution in [3.05, 3.63) is 24.3 Å². The van der Waals surface area contributed by atoms with Crippen molar-refractivity contribution in [2.24, 2.45) is 5.73 Å². The van der Waals surface area contributed by atoms with Crippen LogP contribution in [0.25, 0.3) is 0 Å². The van der Waals surface area contributed by atoms with Gasteiger partial charge in [0, 0.05) is 12.2 Å². The maximum Gasteiger partial charge on any atom is 0.243 e. The number of sulfonamides is 1. The van der Waals surface area contributed by atoms with Crippen molar-refractivity contribution in [3.8, 4) is 0 Å². The Hall–Kier alpha value is -1.44. The molecule has 0 bridgehead atoms. The molecular weight excluding hydrogens is 290 g/mol. The minimum Gasteiger partial charge on any atom is -0.324 e. The Kier molecular flexibility index (Phi) is 5.88. The summed E-state index contributed by atoms with van der Waals surface area (Å²) in [6, 6.07) is 6.09. The van der Waals surface area contributed by atoms with Gasteiger partial charge in [0.15, 0.2) is 0 Å². The molecule has 0 unspecified atom stereocenters. The normalized spacial score (nSPS) is 12.2. The third-order valence-corrected chi connectivity index (χ3v) is 4.27. The van der Waals surface area contributed by atoms with Crippen molar-refractivity contribution in [2.45, 2.75) is 44.0 Å². The van der Waals surface area contributed by atoms with Crippen molar-refractivity contribution in [3.63, 3.8) is 0 Å². The van der Waals surface area contributed by atoms with Crippen LogP contribution in [-0.4, -0.2) is 26.4 Å². The fourth-order valence-corrected chi connectivity index (χ4v) is 2.62. The van der Waals surface area contributed by atoms with Crippen LogP contribution in [0.4, 0.5) is 5.69 Å². The number of hydrogen-bond acceptors (Lipinski definition) is 4. The first kappa shape index (κ1) is 17.6. The Balaban J connectivity index is 2.88. The largest absolute Gasteiger partial charge is 0.324 e. The van der Waals surface area contributed by atoms with E-state index in [1.165, 1.54) is 12.1 Å². The van der Waals surface area contributed by atoms with E-state index >= 15 is 0 Å². The van der Waals surface area contributed by atoms with E-state index in [4.69, 9.17) is 5.73 Å². The van der Waals surface area contributed by atoms with Gasteiger partial charge in [0.1, 0.15) is 0 Å². The molecule has 0 aliphatic rings. The SMILES string of the molecule is CCCCNS(=O)(=O)c1cccc(NC(=O)C(C)(C)N)c1. The topological polar surface area (TPSA) is 101 Å². The molecule has 0 aliphatic heterocycles. The summed E-state index contributed by atoms with van der Waals surface area (Å²) in [4.78, 5) is 11.9. The molecule has 0 spiro atoms. The van der Waals surface area contributed by atoms with Crippen LogP contribution in [0.5, 0.6) is 0 Å². The number of nitrogens with two attached hydrogens (primary N) is 1. The summed E-state index contributed by atoms with van der Waals surface area (Å²) in [6.07, 6.45) is 1.68. The third kappa shape index (κ3) is 5.45. The Morgan fingerprint density at radius 2 is 2.00 bits per heavy atom. The molecule has 0 aliphatic carbocycles. The maximum atomic E-state index is 12.1. The lowest BCUT2D eigenvalue weighted by atomic mass is 10.1. The lowest BCUT2D eigenvalue weighted by Gasteiger charge is -2.18. The molecule has 1 rings (SSSR count). The van der Waals surface area contributed by atoms with E-state index in [1.54, 1.807) is 26.0 Å². The molecule has 0 heterocycles. The summed E-state index contributed by atoms with van der Waals surface area (Å²) in [5.74, 6) is -0.379. The number of nitrogens with one attached hydrogen (secondary N) is 2. The van der Waals surface area contributed by atoms with Crippen molar-refractivity contribution >= 4 is 21.6 Å². The first-order valence-electron chi connectivity index (χ1n) is 6.87. The van der Waals surface area contributed by atoms with Crippen molar-refractivity contribution < 1.29 is 13.2 Å². The highest BCUT2D eigenvalue weighted by Gasteiger charge is 2.22. The van der Waals surface area contributed by atoms with E-state index in [0.717, 1.165) is 12.8 Å². The van der Waals surface area contributed by atoms with Gasteiger partial charge in [-0.3, -0.25) is 4.79 Å². The van der Waals surface area contributed by atoms with E-state index in [1.807, 2.05) is 6.92 Å². The second-order valence-corrected chi connectivity index (χ2v) is 7.22. The summed E-state index contributed by atoms with van der Waals surface area (Å²) in [5.41, 5.74) is 5.06. The number of benzene rings is 1. The Bertz CT molecular complexity index is 592. The molecule has 0 radical (unpaired) electrons. The number of unbranched alkanes of at least 4 members (excludes halogenated alkanes) is 1. The molecule has 0 saturated heterocycles. The summed E-state index contributed by atoms with van der Waals surface area (Å²) < 4.78 is 26.7. The first-order valence-corrected chi connectivity index (χ1v) is 8.35. The van der Waals surface area contributed by atoms with Gasteiger partial charge in [0.25, 0.3) is 0 Å². The average molecular weight is 313 g/mol. The van der Waals surface area contributed by atoms with Crippen molar-refractivity contribution in [1.82, 2.24) is 4.72 Å². The zero-order valence-corrected chi connectivity index (χ0v) is 13.5. The lowest BCUT2D eigenvalue weighted by molar-refractivity contribution is -0.120. The van der Waals surface area contributed by atoms with E-state index in [2.05, 4.69) is 10.0 Å². The van der Waals surface area contributed by atoms with E-state index < -0.39 is 15.6 Å². The highest BCUT2D eigenvalue weighted by atomic mass is 32.2. The summed E-state index contributed by atoms with van der Waals surface area (Å²) in [7, 11) is -3.56. The quantitative estimate of drug-likeness (QED) is 0.663. The molecule has 0 atom stereocenters. The second-order valence-electron chi connectivity index (χ2n) is 5.45. The van der Waals surface area contributed by atoms with Gasteiger partial charge in [0.05, 0.1) is 10.4 Å². The van der Waals surface area contributed by atoms with Crippen LogP contribution in [0.2, 0.25) is 0 Å². The highest BCUT2D eigenvalue weighted by molar-refractivity contribution is 7.89. The molecule has 4 N–H and O–H groups in total. The number of amides is 1. The number of rotatable bonds is 7. The van der Waals surface area contributed by atoms with Crippen LogP contribution in [0, 0.1) is 0 Å². The minimum absolute atomic E-state index is 0.117. The zero-order valence-electron chi connectivity index (χ0n) is 12.6. The van der Waals surface area contributed by atoms with Gasteiger partial charge in [-0.2, -0.15) is 0 Å². The molecule has 7 heteroatoms. The molecule has 6 nitrogen and oxygen atoms in total. The van der Waals surface area contributed by atoms with Gasteiger partial charge in [-0.15, -0.1) is 0 Å². The van der Waals surface area contributed by atoms with Crippen molar-refractivity contribution in [2.75, 3.05) is 11.9 Å². The third-order valence-electron chi connectivity index (χ3n) is 2.81. The first-order chi connectivity index (χ1) is 9.66. The highest BCUT2D eigenvalue weighted by Crippen LogP contribution is 2.16. The summed E-state index contributed by atoms with van der Waals surface area (Å²) in [6.45, 7) is 5.54. The Labute approximate surface area is 126 Å². The molecule has 0 fully saturated rings. The van der Waals surface area contributed by atoms with Crippen molar-refractivity contribution in [1.29, 1.82) is 0 Å². The molecule has 21 heavy (non-hydrogen) atoms. The van der Waals surface area contributed by atoms with Gasteiger partial charge < -0.3 is 11.1 Å². The van der Waals surface area contributed by atoms with Crippen LogP contribution >= 0.6 is 0 Å². The maximum absolute atomic E-state index is 12.1. The van der Waals surface area contributed by atoms with Gasteiger partial charge in [-0.05, 0) is 38.5 Å². The number of carbonyl (C=O) groups excluding carboxylic acids is 1. The minimum atomic E-state index is -3.56. The number of hydrogen-bond donors (Lipinski definition) is 3. The molecule has 1 aromatic rings. The van der Waals surface area contributed by atoms with E-state index in [0.29, 0.717) is 12.2 Å².